The predicted molar refractivity (Wildman–Crippen MR) is 120 cm³/mol. The smallest absolute Gasteiger partial charge is 0.258 e. The molecular weight excluding hydrogens is 388 g/mol. The first kappa shape index (κ1) is 20.3. The molecule has 0 N–H and O–H groups in total. The van der Waals surface area contributed by atoms with Crippen molar-refractivity contribution in [3.63, 3.8) is 0 Å². The van der Waals surface area contributed by atoms with Gasteiger partial charge >= 0.3 is 0 Å². The van der Waals surface area contributed by atoms with Crippen LogP contribution in [0.15, 0.2) is 47.1 Å². The number of piperidine rings is 2. The van der Waals surface area contributed by atoms with Gasteiger partial charge in [0.25, 0.3) is 5.91 Å². The monoisotopic (exact) mass is 418 g/mol. The van der Waals surface area contributed by atoms with Crippen LogP contribution in [0.2, 0.25) is 0 Å². The number of nitrogens with zero attached hydrogens (tertiary/aromatic N) is 2. The number of hydrogen-bond donors (Lipinski definition) is 0. The summed E-state index contributed by atoms with van der Waals surface area (Å²) in [4.78, 5) is 30.4. The van der Waals surface area contributed by atoms with Gasteiger partial charge in [-0.15, -0.1) is 0 Å². The molecule has 1 aliphatic carbocycles. The molecule has 1 aromatic heterocycles. The second-order valence-corrected chi connectivity index (χ2v) is 9.05. The zero-order valence-corrected chi connectivity index (χ0v) is 18.0. The first-order valence-corrected chi connectivity index (χ1v) is 11.6. The van der Waals surface area contributed by atoms with E-state index in [1.807, 2.05) is 11.0 Å². The zero-order chi connectivity index (χ0) is 21.2. The highest BCUT2D eigenvalue weighted by Crippen LogP contribution is 2.34. The normalized spacial score (nSPS) is 24.3. The molecule has 0 saturated carbocycles. The summed E-state index contributed by atoms with van der Waals surface area (Å²) in [6.45, 7) is 3.74. The molecule has 5 nitrogen and oxygen atoms in total. The van der Waals surface area contributed by atoms with E-state index in [0.29, 0.717) is 29.2 Å². The lowest BCUT2D eigenvalue weighted by Crippen LogP contribution is -2.55. The van der Waals surface area contributed by atoms with Crippen LogP contribution in [0.4, 0.5) is 0 Å². The molecule has 2 saturated heterocycles. The summed E-state index contributed by atoms with van der Waals surface area (Å²) in [5.74, 6) is 1.25. The summed E-state index contributed by atoms with van der Waals surface area (Å²) >= 11 is 0. The van der Waals surface area contributed by atoms with Crippen LogP contribution in [-0.4, -0.2) is 53.7 Å². The number of hydrogen-bond acceptors (Lipinski definition) is 4. The third-order valence-corrected chi connectivity index (χ3v) is 7.07. The quantitative estimate of drug-likeness (QED) is 0.737. The highest BCUT2D eigenvalue weighted by Gasteiger charge is 2.40. The number of rotatable bonds is 4. The van der Waals surface area contributed by atoms with Gasteiger partial charge in [-0.3, -0.25) is 14.5 Å². The van der Waals surface area contributed by atoms with E-state index in [-0.39, 0.29) is 17.7 Å². The van der Waals surface area contributed by atoms with Crippen molar-refractivity contribution < 1.29 is 14.0 Å². The molecule has 31 heavy (non-hydrogen) atoms. The fourth-order valence-corrected chi connectivity index (χ4v) is 5.53. The van der Waals surface area contributed by atoms with Gasteiger partial charge in [0.05, 0.1) is 11.1 Å². The molecule has 0 bridgehead atoms. The molecule has 2 aliphatic heterocycles. The number of carbonyl (C=O) groups excluding carboxylic acids is 2. The fourth-order valence-electron chi connectivity index (χ4n) is 5.53. The molecule has 2 fully saturated rings. The molecule has 3 heterocycles. The lowest BCUT2D eigenvalue weighted by Gasteiger charge is -2.47. The van der Waals surface area contributed by atoms with Crippen LogP contribution in [0, 0.1) is 5.92 Å². The first-order chi connectivity index (χ1) is 15.2. The Bertz CT molecular complexity index is 978. The van der Waals surface area contributed by atoms with Crippen molar-refractivity contribution >= 4 is 17.8 Å². The molecule has 0 unspecified atom stereocenters. The molecule has 1 aromatic carbocycles. The van der Waals surface area contributed by atoms with E-state index in [4.69, 9.17) is 4.42 Å². The van der Waals surface area contributed by atoms with E-state index >= 15 is 0 Å². The third kappa shape index (κ3) is 4.11. The van der Waals surface area contributed by atoms with Crippen molar-refractivity contribution in [3.05, 3.63) is 65.1 Å². The number of ketones is 1. The first-order valence-electron chi connectivity index (χ1n) is 11.6. The predicted octanol–water partition coefficient (Wildman–Crippen LogP) is 4.44. The second kappa shape index (κ2) is 8.83. The Balaban J connectivity index is 1.25. The number of amides is 1. The maximum atomic E-state index is 13.4. The van der Waals surface area contributed by atoms with Gasteiger partial charge in [-0.05, 0) is 37.2 Å². The van der Waals surface area contributed by atoms with Gasteiger partial charge < -0.3 is 9.32 Å². The molecule has 0 spiro atoms. The second-order valence-electron chi connectivity index (χ2n) is 9.05. The van der Waals surface area contributed by atoms with E-state index in [2.05, 4.69) is 41.3 Å². The van der Waals surface area contributed by atoms with Crippen LogP contribution < -0.4 is 0 Å². The Morgan fingerprint density at radius 2 is 1.97 bits per heavy atom. The van der Waals surface area contributed by atoms with Crippen LogP contribution in [0.25, 0.3) is 6.08 Å². The molecule has 2 atom stereocenters. The molecule has 5 heteroatoms. The summed E-state index contributed by atoms with van der Waals surface area (Å²) in [6, 6.07) is 10.7. The third-order valence-electron chi connectivity index (χ3n) is 7.07. The number of benzene rings is 1. The van der Waals surface area contributed by atoms with Crippen molar-refractivity contribution in [2.24, 2.45) is 5.92 Å². The highest BCUT2D eigenvalue weighted by atomic mass is 16.3. The maximum Gasteiger partial charge on any atom is 0.258 e. The lowest BCUT2D eigenvalue weighted by molar-refractivity contribution is 0.0225. The molecule has 2 aromatic rings. The summed E-state index contributed by atoms with van der Waals surface area (Å²) in [6.07, 6.45) is 11.2. The molecule has 1 amide bonds. The van der Waals surface area contributed by atoms with Crippen molar-refractivity contribution in [2.45, 2.75) is 44.6 Å². The van der Waals surface area contributed by atoms with Crippen molar-refractivity contribution in [1.82, 2.24) is 9.80 Å². The molecular formula is C26H30N2O3. The maximum absolute atomic E-state index is 13.4. The van der Waals surface area contributed by atoms with E-state index in [1.54, 1.807) is 0 Å². The van der Waals surface area contributed by atoms with Crippen molar-refractivity contribution in [2.75, 3.05) is 26.2 Å². The van der Waals surface area contributed by atoms with Gasteiger partial charge in [-0.1, -0.05) is 42.5 Å². The number of likely N-dealkylation sites (tertiary alicyclic amines) is 2. The average Bonchev–Trinajstić information content (AvgIpc) is 3.24. The lowest BCUT2D eigenvalue weighted by atomic mass is 9.83. The van der Waals surface area contributed by atoms with Gasteiger partial charge in [0, 0.05) is 45.1 Å². The minimum absolute atomic E-state index is 0.00706. The van der Waals surface area contributed by atoms with Crippen LogP contribution in [-0.2, 0) is 6.42 Å². The van der Waals surface area contributed by atoms with Gasteiger partial charge in [-0.25, -0.2) is 0 Å². The minimum atomic E-state index is -0.00706. The zero-order valence-electron chi connectivity index (χ0n) is 18.0. The fraction of sp³-hybridized carbons (Fsp3) is 0.462. The Kier molecular flexibility index (Phi) is 5.77. The minimum Gasteiger partial charge on any atom is -0.468 e. The van der Waals surface area contributed by atoms with E-state index in [0.717, 1.165) is 58.3 Å². The van der Waals surface area contributed by atoms with Crippen LogP contribution in [0.5, 0.6) is 0 Å². The summed E-state index contributed by atoms with van der Waals surface area (Å²) in [5, 5.41) is 0. The largest absolute Gasteiger partial charge is 0.468 e. The van der Waals surface area contributed by atoms with E-state index < -0.39 is 0 Å². The van der Waals surface area contributed by atoms with Crippen LogP contribution >= 0.6 is 0 Å². The standard InChI is InChI=1S/C26H30N2O3/c29-23-11-4-12-24-25(23)21(18-31-24)26(30)28-15-6-10-20-17-27(16-13-22(20)28)14-5-9-19-7-2-1-3-8-19/h1-3,5,7-9,18,20,22H,4,6,10-17H2/t20-,22-/m1/s1. The SMILES string of the molecule is O=C1CCCc2occ(C(=O)N3CCC[C@@H]4CN(CC=Cc5ccccc5)CC[C@H]43)c21. The van der Waals surface area contributed by atoms with Crippen LogP contribution in [0.3, 0.4) is 0 Å². The van der Waals surface area contributed by atoms with Crippen LogP contribution in [0.1, 0.15) is 64.1 Å². The van der Waals surface area contributed by atoms with Gasteiger partial charge in [-0.2, -0.15) is 0 Å². The topological polar surface area (TPSA) is 53.8 Å². The van der Waals surface area contributed by atoms with Gasteiger partial charge in [0.1, 0.15) is 12.0 Å². The molecule has 5 rings (SSSR count). The van der Waals surface area contributed by atoms with Gasteiger partial charge in [0.15, 0.2) is 5.78 Å². The summed E-state index contributed by atoms with van der Waals surface area (Å²) in [5.41, 5.74) is 2.28. The molecule has 3 aliphatic rings. The average molecular weight is 419 g/mol. The Hall–Kier alpha value is -2.66. The summed E-state index contributed by atoms with van der Waals surface area (Å²) < 4.78 is 5.62. The number of furan rings is 1. The number of fused-ring (bicyclic) bond motifs is 2. The summed E-state index contributed by atoms with van der Waals surface area (Å²) in [7, 11) is 0. The van der Waals surface area contributed by atoms with Gasteiger partial charge in [0.2, 0.25) is 0 Å². The Labute approximate surface area is 183 Å². The van der Waals surface area contributed by atoms with Crippen molar-refractivity contribution in [3.8, 4) is 0 Å². The Morgan fingerprint density at radius 3 is 2.84 bits per heavy atom. The van der Waals surface area contributed by atoms with E-state index in [1.165, 1.54) is 11.8 Å². The molecule has 162 valence electrons. The van der Waals surface area contributed by atoms with Crippen molar-refractivity contribution in [1.29, 1.82) is 0 Å². The Morgan fingerprint density at radius 1 is 1.10 bits per heavy atom. The highest BCUT2D eigenvalue weighted by molar-refractivity contribution is 6.09. The number of carbonyl (C=O) groups is 2. The number of Topliss-reactive ketones (excluding diaryl/α,β-unsaturated/α-hetero) is 1. The molecule has 0 radical (unpaired) electrons. The van der Waals surface area contributed by atoms with E-state index in [9.17, 15) is 9.59 Å². The number of aryl methyl sites for hydroxylation is 1.